The van der Waals surface area contributed by atoms with E-state index in [0.29, 0.717) is 24.0 Å². The molecule has 0 aromatic carbocycles. The zero-order chi connectivity index (χ0) is 13.8. The molecule has 6 heteroatoms. The van der Waals surface area contributed by atoms with Gasteiger partial charge in [-0.15, -0.1) is 0 Å². The maximum Gasteiger partial charge on any atom is 0.226 e. The van der Waals surface area contributed by atoms with Gasteiger partial charge >= 0.3 is 0 Å². The first kappa shape index (κ1) is 14.0. The van der Waals surface area contributed by atoms with Crippen molar-refractivity contribution < 1.29 is 14.1 Å². The number of amides is 1. The molecule has 2 rings (SSSR count). The molecule has 0 spiro atoms. The molecule has 0 bridgehead atoms. The summed E-state index contributed by atoms with van der Waals surface area (Å²) in [6, 6.07) is 2.07. The summed E-state index contributed by atoms with van der Waals surface area (Å²) in [5.74, 6) is 1.12. The molecule has 0 aliphatic carbocycles. The van der Waals surface area contributed by atoms with Gasteiger partial charge in [-0.25, -0.2) is 0 Å². The number of morpholine rings is 1. The number of aromatic nitrogens is 1. The zero-order valence-electron chi connectivity index (χ0n) is 11.7. The lowest BCUT2D eigenvalue weighted by Crippen LogP contribution is -2.48. The summed E-state index contributed by atoms with van der Waals surface area (Å²) in [7, 11) is 0. The molecular formula is C13H21N3O3. The maximum absolute atomic E-state index is 11.8. The molecule has 106 valence electrons. The number of ether oxygens (including phenoxy) is 1. The summed E-state index contributed by atoms with van der Waals surface area (Å²) in [6.07, 6.45) is 0.681. The van der Waals surface area contributed by atoms with Crippen molar-refractivity contribution >= 4 is 11.7 Å². The molecule has 1 fully saturated rings. The van der Waals surface area contributed by atoms with Gasteiger partial charge in [-0.05, 0) is 20.8 Å². The first-order valence-corrected chi connectivity index (χ1v) is 6.63. The van der Waals surface area contributed by atoms with Crippen LogP contribution in [-0.2, 0) is 9.53 Å². The third kappa shape index (κ3) is 4.04. The highest BCUT2D eigenvalue weighted by atomic mass is 16.5. The fourth-order valence-electron chi connectivity index (χ4n) is 2.16. The Morgan fingerprint density at radius 2 is 2.37 bits per heavy atom. The van der Waals surface area contributed by atoms with E-state index in [4.69, 9.17) is 9.26 Å². The molecule has 0 unspecified atom stereocenters. The van der Waals surface area contributed by atoms with Gasteiger partial charge in [0.2, 0.25) is 5.91 Å². The first-order valence-electron chi connectivity index (χ1n) is 6.63. The largest absolute Gasteiger partial charge is 0.376 e. The van der Waals surface area contributed by atoms with Crippen LogP contribution >= 0.6 is 0 Å². The van der Waals surface area contributed by atoms with Crippen molar-refractivity contribution in [3.05, 3.63) is 11.8 Å². The highest BCUT2D eigenvalue weighted by Crippen LogP contribution is 2.12. The van der Waals surface area contributed by atoms with Crippen LogP contribution in [0.2, 0.25) is 0 Å². The Kier molecular flexibility index (Phi) is 4.55. The summed E-state index contributed by atoms with van der Waals surface area (Å²) in [6.45, 7) is 8.29. The highest BCUT2D eigenvalue weighted by molar-refractivity contribution is 5.89. The van der Waals surface area contributed by atoms with E-state index in [1.165, 1.54) is 0 Å². The predicted octanol–water partition coefficient (Wildman–Crippen LogP) is 1.42. The Labute approximate surface area is 113 Å². The van der Waals surface area contributed by atoms with Crippen molar-refractivity contribution in [2.75, 3.05) is 25.0 Å². The van der Waals surface area contributed by atoms with Crippen LogP contribution in [0.3, 0.4) is 0 Å². The van der Waals surface area contributed by atoms with Crippen molar-refractivity contribution in [3.8, 4) is 0 Å². The average molecular weight is 267 g/mol. The van der Waals surface area contributed by atoms with Crippen molar-refractivity contribution in [3.63, 3.8) is 0 Å². The zero-order valence-corrected chi connectivity index (χ0v) is 11.7. The summed E-state index contributed by atoms with van der Waals surface area (Å²) in [5.41, 5.74) is 0. The van der Waals surface area contributed by atoms with E-state index in [-0.39, 0.29) is 12.0 Å². The van der Waals surface area contributed by atoms with E-state index in [9.17, 15) is 4.79 Å². The quantitative estimate of drug-likeness (QED) is 0.893. The van der Waals surface area contributed by atoms with E-state index in [0.717, 1.165) is 19.7 Å². The Hall–Kier alpha value is -1.40. The van der Waals surface area contributed by atoms with Gasteiger partial charge in [-0.1, -0.05) is 5.16 Å². The summed E-state index contributed by atoms with van der Waals surface area (Å²) in [5, 5.41) is 6.46. The van der Waals surface area contributed by atoms with Crippen LogP contribution in [0.1, 0.15) is 26.0 Å². The molecule has 1 aliphatic rings. The number of rotatable bonds is 4. The minimum atomic E-state index is -0.0420. The molecule has 19 heavy (non-hydrogen) atoms. The first-order chi connectivity index (χ1) is 9.04. The van der Waals surface area contributed by atoms with E-state index >= 15 is 0 Å². The van der Waals surface area contributed by atoms with Gasteiger partial charge in [0.25, 0.3) is 0 Å². The van der Waals surface area contributed by atoms with Gasteiger partial charge in [0, 0.05) is 31.6 Å². The molecule has 1 aliphatic heterocycles. The van der Waals surface area contributed by atoms with Crippen LogP contribution in [-0.4, -0.2) is 47.8 Å². The molecule has 1 amide bonds. The van der Waals surface area contributed by atoms with E-state index in [2.05, 4.69) is 29.2 Å². The summed E-state index contributed by atoms with van der Waals surface area (Å²) >= 11 is 0. The molecule has 0 saturated carbocycles. The van der Waals surface area contributed by atoms with Gasteiger partial charge in [0.1, 0.15) is 5.76 Å². The van der Waals surface area contributed by atoms with Gasteiger partial charge in [0.15, 0.2) is 5.82 Å². The number of carbonyl (C=O) groups excluding carboxylic acids is 1. The predicted molar refractivity (Wildman–Crippen MR) is 70.9 cm³/mol. The smallest absolute Gasteiger partial charge is 0.226 e. The maximum atomic E-state index is 11.8. The Bertz CT molecular complexity index is 433. The minimum Gasteiger partial charge on any atom is -0.376 e. The summed E-state index contributed by atoms with van der Waals surface area (Å²) in [4.78, 5) is 14.1. The number of nitrogens with zero attached hydrogens (tertiary/aromatic N) is 2. The van der Waals surface area contributed by atoms with Crippen LogP contribution in [0.4, 0.5) is 5.82 Å². The Morgan fingerprint density at radius 1 is 1.58 bits per heavy atom. The normalized spacial score (nSPS) is 24.4. The number of nitrogens with one attached hydrogen (secondary N) is 1. The Morgan fingerprint density at radius 3 is 3.05 bits per heavy atom. The van der Waals surface area contributed by atoms with Gasteiger partial charge < -0.3 is 14.6 Å². The number of carbonyl (C=O) groups is 1. The molecular weight excluding hydrogens is 246 g/mol. The standard InChI is InChI=1S/C13H21N3O3/c1-9-8-18-11(3)7-16(9)5-4-13(17)14-12-6-10(2)19-15-12/h6,9,11H,4-5,7-8H2,1-3H3,(H,14,15,17)/t9-,11-/m1/s1. The summed E-state index contributed by atoms with van der Waals surface area (Å²) < 4.78 is 10.5. The molecule has 0 radical (unpaired) electrons. The Balaban J connectivity index is 1.76. The van der Waals surface area contributed by atoms with Gasteiger partial charge in [-0.2, -0.15) is 0 Å². The number of hydrogen-bond donors (Lipinski definition) is 1. The second-order valence-corrected chi connectivity index (χ2v) is 5.11. The lowest BCUT2D eigenvalue weighted by molar-refractivity contribution is -0.117. The van der Waals surface area contributed by atoms with Crippen molar-refractivity contribution in [1.29, 1.82) is 0 Å². The fourth-order valence-corrected chi connectivity index (χ4v) is 2.16. The molecule has 1 aromatic heterocycles. The average Bonchev–Trinajstić information content (AvgIpc) is 2.76. The molecule has 1 N–H and O–H groups in total. The molecule has 1 aromatic rings. The number of hydrogen-bond acceptors (Lipinski definition) is 5. The van der Waals surface area contributed by atoms with Gasteiger partial charge in [-0.3, -0.25) is 9.69 Å². The van der Waals surface area contributed by atoms with Crippen molar-refractivity contribution in [2.45, 2.75) is 39.3 Å². The third-order valence-electron chi connectivity index (χ3n) is 3.26. The van der Waals surface area contributed by atoms with Crippen LogP contribution in [0, 0.1) is 6.92 Å². The van der Waals surface area contributed by atoms with Crippen LogP contribution < -0.4 is 5.32 Å². The van der Waals surface area contributed by atoms with E-state index in [1.54, 1.807) is 13.0 Å². The lowest BCUT2D eigenvalue weighted by atomic mass is 10.2. The second-order valence-electron chi connectivity index (χ2n) is 5.11. The number of aryl methyl sites for hydroxylation is 1. The topological polar surface area (TPSA) is 67.6 Å². The van der Waals surface area contributed by atoms with Crippen molar-refractivity contribution in [1.82, 2.24) is 10.1 Å². The van der Waals surface area contributed by atoms with E-state index in [1.807, 2.05) is 0 Å². The minimum absolute atomic E-state index is 0.0420. The fraction of sp³-hybridized carbons (Fsp3) is 0.692. The third-order valence-corrected chi connectivity index (χ3v) is 3.26. The van der Waals surface area contributed by atoms with Crippen LogP contribution in [0.5, 0.6) is 0 Å². The van der Waals surface area contributed by atoms with Crippen molar-refractivity contribution in [2.24, 2.45) is 0 Å². The number of anilines is 1. The molecule has 6 nitrogen and oxygen atoms in total. The van der Waals surface area contributed by atoms with Crippen LogP contribution in [0.15, 0.2) is 10.6 Å². The second kappa shape index (κ2) is 6.16. The monoisotopic (exact) mass is 267 g/mol. The van der Waals surface area contributed by atoms with Gasteiger partial charge in [0.05, 0.1) is 12.7 Å². The molecule has 1 saturated heterocycles. The molecule has 2 heterocycles. The molecule has 2 atom stereocenters. The van der Waals surface area contributed by atoms with E-state index < -0.39 is 0 Å². The SMILES string of the molecule is Cc1cc(NC(=O)CCN2C[C@@H](C)OC[C@H]2C)no1. The van der Waals surface area contributed by atoms with Crippen LogP contribution in [0.25, 0.3) is 0 Å². The lowest BCUT2D eigenvalue weighted by Gasteiger charge is -2.36. The highest BCUT2D eigenvalue weighted by Gasteiger charge is 2.23.